The number of nitriles is 1. The van der Waals surface area contributed by atoms with Crippen LogP contribution in [0, 0.1) is 11.3 Å². The van der Waals surface area contributed by atoms with Crippen LogP contribution in [0.4, 0.5) is 8.78 Å². The lowest BCUT2D eigenvalue weighted by atomic mass is 10.0. The van der Waals surface area contributed by atoms with E-state index in [-0.39, 0.29) is 34.9 Å². The van der Waals surface area contributed by atoms with E-state index in [9.17, 15) is 13.6 Å². The Balaban J connectivity index is 3.32. The van der Waals surface area contributed by atoms with E-state index in [1.807, 2.05) is 0 Å². The van der Waals surface area contributed by atoms with Gasteiger partial charge in [0.1, 0.15) is 5.75 Å². The highest BCUT2D eigenvalue weighted by Gasteiger charge is 2.19. The van der Waals surface area contributed by atoms with Gasteiger partial charge in [-0.15, -0.1) is 11.6 Å². The second-order valence-corrected chi connectivity index (χ2v) is 3.61. The van der Waals surface area contributed by atoms with Gasteiger partial charge in [-0.2, -0.15) is 14.0 Å². The predicted octanol–water partition coefficient (Wildman–Crippen LogP) is 3.08. The number of carbonyl (C=O) groups is 1. The Hall–Kier alpha value is -1.87. The summed E-state index contributed by atoms with van der Waals surface area (Å²) < 4.78 is 33.3. The summed E-state index contributed by atoms with van der Waals surface area (Å²) in [7, 11) is 0. The van der Waals surface area contributed by atoms with Crippen molar-refractivity contribution in [3.63, 3.8) is 0 Å². The van der Waals surface area contributed by atoms with Gasteiger partial charge in [-0.05, 0) is 24.6 Å². The number of carbonyl (C=O) groups excluding carboxylic acids is 1. The van der Waals surface area contributed by atoms with E-state index in [4.69, 9.17) is 21.6 Å². The molecular formula is C12H10ClF2NO3. The van der Waals surface area contributed by atoms with Gasteiger partial charge >= 0.3 is 12.6 Å². The number of halogens is 3. The van der Waals surface area contributed by atoms with Crippen LogP contribution >= 0.6 is 11.6 Å². The van der Waals surface area contributed by atoms with E-state index in [0.29, 0.717) is 0 Å². The first-order valence-corrected chi connectivity index (χ1v) is 5.81. The van der Waals surface area contributed by atoms with Crippen molar-refractivity contribution in [2.75, 3.05) is 6.61 Å². The van der Waals surface area contributed by atoms with Crippen molar-refractivity contribution < 1.29 is 23.0 Å². The monoisotopic (exact) mass is 289 g/mol. The molecule has 0 radical (unpaired) electrons. The highest BCUT2D eigenvalue weighted by atomic mass is 35.5. The molecule has 7 heteroatoms. The zero-order chi connectivity index (χ0) is 14.4. The van der Waals surface area contributed by atoms with Crippen molar-refractivity contribution in [1.29, 1.82) is 5.26 Å². The van der Waals surface area contributed by atoms with E-state index in [2.05, 4.69) is 4.74 Å². The van der Waals surface area contributed by atoms with Gasteiger partial charge < -0.3 is 9.47 Å². The number of ether oxygens (including phenoxy) is 2. The summed E-state index contributed by atoms with van der Waals surface area (Å²) in [5, 5.41) is 8.94. The van der Waals surface area contributed by atoms with Gasteiger partial charge in [0.15, 0.2) is 0 Å². The van der Waals surface area contributed by atoms with Crippen LogP contribution in [-0.2, 0) is 10.6 Å². The number of nitrogens with zero attached hydrogens (tertiary/aromatic N) is 1. The smallest absolute Gasteiger partial charge is 0.387 e. The van der Waals surface area contributed by atoms with Crippen molar-refractivity contribution >= 4 is 17.6 Å². The van der Waals surface area contributed by atoms with Gasteiger partial charge in [0, 0.05) is 5.88 Å². The highest BCUT2D eigenvalue weighted by Crippen LogP contribution is 2.26. The van der Waals surface area contributed by atoms with Crippen LogP contribution in [0.15, 0.2) is 12.1 Å². The summed E-state index contributed by atoms with van der Waals surface area (Å²) in [5.74, 6) is -1.15. The standard InChI is InChI=1S/C12H10ClF2NO3/c1-2-18-11(17)9-4-8(19-12(14)15)3-7(6-16)10(9)5-13/h3-4,12H,2,5H2,1H3. The van der Waals surface area contributed by atoms with Crippen LogP contribution in [-0.4, -0.2) is 19.2 Å². The van der Waals surface area contributed by atoms with Crippen LogP contribution in [0.3, 0.4) is 0 Å². The fourth-order valence-electron chi connectivity index (χ4n) is 1.45. The van der Waals surface area contributed by atoms with Crippen molar-refractivity contribution in [2.24, 2.45) is 0 Å². The minimum Gasteiger partial charge on any atom is -0.462 e. The molecule has 0 saturated carbocycles. The van der Waals surface area contributed by atoms with Crippen LogP contribution in [0.1, 0.15) is 28.4 Å². The first-order chi connectivity index (χ1) is 9.03. The van der Waals surface area contributed by atoms with Crippen molar-refractivity contribution in [3.05, 3.63) is 28.8 Å². The number of esters is 1. The molecule has 19 heavy (non-hydrogen) atoms. The number of benzene rings is 1. The lowest BCUT2D eigenvalue weighted by molar-refractivity contribution is -0.0499. The van der Waals surface area contributed by atoms with Crippen LogP contribution < -0.4 is 4.74 Å². The summed E-state index contributed by atoms with van der Waals surface area (Å²) >= 11 is 5.67. The zero-order valence-electron chi connectivity index (χ0n) is 9.95. The van der Waals surface area contributed by atoms with Crippen LogP contribution in [0.25, 0.3) is 0 Å². The van der Waals surface area contributed by atoms with Gasteiger partial charge in [-0.25, -0.2) is 4.79 Å². The van der Waals surface area contributed by atoms with Gasteiger partial charge in [0.2, 0.25) is 0 Å². The summed E-state index contributed by atoms with van der Waals surface area (Å²) in [4.78, 5) is 11.7. The molecule has 0 saturated heterocycles. The Labute approximate surface area is 113 Å². The van der Waals surface area contributed by atoms with Gasteiger partial charge in [0.25, 0.3) is 0 Å². The molecule has 0 atom stereocenters. The number of hydrogen-bond donors (Lipinski definition) is 0. The minimum atomic E-state index is -3.05. The third-order valence-corrected chi connectivity index (χ3v) is 2.47. The van der Waals surface area contributed by atoms with E-state index in [1.54, 1.807) is 13.0 Å². The minimum absolute atomic E-state index is 0.00352. The SMILES string of the molecule is CCOC(=O)c1cc(OC(F)F)cc(C#N)c1CCl. The van der Waals surface area contributed by atoms with Gasteiger partial charge in [-0.1, -0.05) is 0 Å². The van der Waals surface area contributed by atoms with E-state index < -0.39 is 12.6 Å². The maximum absolute atomic E-state index is 12.2. The second-order valence-electron chi connectivity index (χ2n) is 3.34. The maximum atomic E-state index is 12.2. The Morgan fingerprint density at radius 2 is 2.21 bits per heavy atom. The molecule has 1 aromatic rings. The normalized spacial score (nSPS) is 10.1. The summed E-state index contributed by atoms with van der Waals surface area (Å²) in [6.07, 6.45) is 0. The third-order valence-electron chi connectivity index (χ3n) is 2.20. The second kappa shape index (κ2) is 6.90. The average molecular weight is 290 g/mol. The van der Waals surface area contributed by atoms with Crippen molar-refractivity contribution in [1.82, 2.24) is 0 Å². The summed E-state index contributed by atoms with van der Waals surface area (Å²) in [6.45, 7) is -1.34. The number of alkyl halides is 3. The molecule has 0 N–H and O–H groups in total. The van der Waals surface area contributed by atoms with Gasteiger partial charge in [-0.3, -0.25) is 0 Å². The molecule has 4 nitrogen and oxygen atoms in total. The zero-order valence-corrected chi connectivity index (χ0v) is 10.7. The fraction of sp³-hybridized carbons (Fsp3) is 0.333. The molecule has 0 aliphatic carbocycles. The van der Waals surface area contributed by atoms with E-state index in [1.165, 1.54) is 0 Å². The largest absolute Gasteiger partial charge is 0.462 e. The fourth-order valence-corrected chi connectivity index (χ4v) is 1.74. The van der Waals surface area contributed by atoms with Gasteiger partial charge in [0.05, 0.1) is 23.8 Å². The van der Waals surface area contributed by atoms with Crippen molar-refractivity contribution in [2.45, 2.75) is 19.4 Å². The Morgan fingerprint density at radius 1 is 1.53 bits per heavy atom. The molecule has 0 aromatic heterocycles. The molecule has 0 fully saturated rings. The molecule has 0 aliphatic rings. The molecule has 1 aromatic carbocycles. The summed E-state index contributed by atoms with van der Waals surface area (Å²) in [5.41, 5.74) is 0.173. The molecule has 0 amide bonds. The Morgan fingerprint density at radius 3 is 2.68 bits per heavy atom. The van der Waals surface area contributed by atoms with E-state index in [0.717, 1.165) is 12.1 Å². The maximum Gasteiger partial charge on any atom is 0.387 e. The lowest BCUT2D eigenvalue weighted by Gasteiger charge is -2.11. The molecule has 0 aliphatic heterocycles. The third kappa shape index (κ3) is 3.80. The quantitative estimate of drug-likeness (QED) is 0.617. The predicted molar refractivity (Wildman–Crippen MR) is 63.3 cm³/mol. The average Bonchev–Trinajstić information content (AvgIpc) is 2.37. The Kier molecular flexibility index (Phi) is 5.52. The topological polar surface area (TPSA) is 59.3 Å². The molecule has 0 bridgehead atoms. The number of hydrogen-bond acceptors (Lipinski definition) is 4. The Bertz CT molecular complexity index is 514. The van der Waals surface area contributed by atoms with E-state index >= 15 is 0 Å². The molecular weight excluding hydrogens is 280 g/mol. The van der Waals surface area contributed by atoms with Crippen LogP contribution in [0.5, 0.6) is 5.75 Å². The first-order valence-electron chi connectivity index (χ1n) is 5.28. The summed E-state index contributed by atoms with van der Waals surface area (Å²) in [6, 6.07) is 3.97. The molecule has 0 heterocycles. The van der Waals surface area contributed by atoms with Crippen molar-refractivity contribution in [3.8, 4) is 11.8 Å². The number of rotatable bonds is 5. The molecule has 102 valence electrons. The highest BCUT2D eigenvalue weighted by molar-refractivity contribution is 6.18. The molecule has 1 rings (SSSR count). The molecule has 0 spiro atoms. The van der Waals surface area contributed by atoms with Crippen LogP contribution in [0.2, 0.25) is 0 Å². The molecule has 0 unspecified atom stereocenters. The first kappa shape index (κ1) is 15.2. The lowest BCUT2D eigenvalue weighted by Crippen LogP contribution is -2.11.